The fourth-order valence-corrected chi connectivity index (χ4v) is 4.18. The molecule has 27 heavy (non-hydrogen) atoms. The topological polar surface area (TPSA) is 104 Å². The van der Waals surface area contributed by atoms with Crippen LogP contribution in [-0.4, -0.2) is 23.2 Å². The molecule has 0 radical (unpaired) electrons. The number of sulfonamides is 1. The second-order valence-corrected chi connectivity index (χ2v) is 8.76. The van der Waals surface area contributed by atoms with Gasteiger partial charge in [0.05, 0.1) is 10.6 Å². The van der Waals surface area contributed by atoms with Crippen LogP contribution in [0.3, 0.4) is 0 Å². The van der Waals surface area contributed by atoms with Crippen molar-refractivity contribution in [2.24, 2.45) is 5.14 Å². The fourth-order valence-electron chi connectivity index (χ4n) is 2.18. The van der Waals surface area contributed by atoms with Crippen LogP contribution in [0.4, 0.5) is 13.2 Å². The first-order valence-electron chi connectivity index (χ1n) is 7.24. The Morgan fingerprint density at radius 3 is 2.19 bits per heavy atom. The molecule has 146 valence electrons. The van der Waals surface area contributed by atoms with Crippen LogP contribution in [0.15, 0.2) is 58.8 Å². The molecule has 2 aromatic carbocycles. The molecule has 2 aromatic rings. The van der Waals surface area contributed by atoms with E-state index in [0.717, 1.165) is 18.2 Å². The first kappa shape index (κ1) is 20.9. The number of hydrogen-bond donors (Lipinski definition) is 1. The van der Waals surface area contributed by atoms with Gasteiger partial charge in [0.15, 0.2) is 9.84 Å². The highest BCUT2D eigenvalue weighted by molar-refractivity contribution is 7.93. The minimum atomic E-state index is -4.93. The van der Waals surface area contributed by atoms with E-state index in [1.807, 2.05) is 0 Å². The van der Waals surface area contributed by atoms with E-state index in [2.05, 4.69) is 4.74 Å². The molecule has 2 rings (SSSR count). The van der Waals surface area contributed by atoms with Crippen LogP contribution in [0.5, 0.6) is 5.75 Å². The third-order valence-corrected chi connectivity index (χ3v) is 5.51. The predicted molar refractivity (Wildman–Crippen MR) is 92.6 cm³/mol. The normalized spacial score (nSPS) is 13.0. The zero-order chi connectivity index (χ0) is 20.3. The number of benzene rings is 2. The van der Waals surface area contributed by atoms with Crippen LogP contribution in [0.2, 0.25) is 0 Å². The molecule has 0 bridgehead atoms. The molecule has 0 saturated carbocycles. The Hall–Kier alpha value is -2.37. The zero-order valence-corrected chi connectivity index (χ0v) is 15.2. The summed E-state index contributed by atoms with van der Waals surface area (Å²) in [4.78, 5) is -0.345. The van der Waals surface area contributed by atoms with E-state index in [0.29, 0.717) is 5.41 Å². The van der Waals surface area contributed by atoms with E-state index in [-0.39, 0.29) is 16.0 Å². The highest BCUT2D eigenvalue weighted by Gasteiger charge is 2.31. The van der Waals surface area contributed by atoms with E-state index in [9.17, 15) is 30.0 Å². The van der Waals surface area contributed by atoms with Gasteiger partial charge in [-0.25, -0.2) is 22.0 Å². The maximum Gasteiger partial charge on any atom is 0.573 e. The summed E-state index contributed by atoms with van der Waals surface area (Å²) in [5.74, 6) is -1.26. The highest BCUT2D eigenvalue weighted by Crippen LogP contribution is 2.27. The lowest BCUT2D eigenvalue weighted by molar-refractivity contribution is -0.274. The van der Waals surface area contributed by atoms with Gasteiger partial charge < -0.3 is 4.74 Å². The molecule has 0 atom stereocenters. The second kappa shape index (κ2) is 7.71. The van der Waals surface area contributed by atoms with Crippen molar-refractivity contribution in [3.05, 3.63) is 65.1 Å². The first-order chi connectivity index (χ1) is 12.4. The van der Waals surface area contributed by atoms with Gasteiger partial charge >= 0.3 is 6.36 Å². The number of halogens is 3. The number of hydrogen-bond acceptors (Lipinski definition) is 5. The summed E-state index contributed by atoms with van der Waals surface area (Å²) in [5.41, 5.74) is -0.164. The van der Waals surface area contributed by atoms with Gasteiger partial charge in [-0.05, 0) is 23.8 Å². The average Bonchev–Trinajstić information content (AvgIpc) is 2.52. The maximum atomic E-state index is 12.4. The summed E-state index contributed by atoms with van der Waals surface area (Å²) in [7, 11) is -8.15. The minimum absolute atomic E-state index is 0.0514. The smallest absolute Gasteiger partial charge is 0.405 e. The summed E-state index contributed by atoms with van der Waals surface area (Å²) < 4.78 is 88.7. The fraction of sp³-hybridized carbons (Fsp3) is 0.125. The lowest BCUT2D eigenvalue weighted by atomic mass is 10.2. The Labute approximate surface area is 154 Å². The molecule has 6 nitrogen and oxygen atoms in total. The van der Waals surface area contributed by atoms with Crippen molar-refractivity contribution >= 4 is 25.9 Å². The number of nitrogens with two attached hydrogens (primary N) is 1. The Balaban J connectivity index is 2.31. The van der Waals surface area contributed by atoms with Crippen molar-refractivity contribution in [1.29, 1.82) is 0 Å². The van der Waals surface area contributed by atoms with E-state index >= 15 is 0 Å². The van der Waals surface area contributed by atoms with Crippen LogP contribution in [0.1, 0.15) is 11.1 Å². The van der Waals surface area contributed by atoms with Crippen LogP contribution in [0.25, 0.3) is 6.08 Å². The van der Waals surface area contributed by atoms with Gasteiger partial charge in [0.25, 0.3) is 0 Å². The minimum Gasteiger partial charge on any atom is -0.405 e. The molecule has 0 saturated heterocycles. The standard InChI is InChI=1S/C16H14F3NO5S2/c17-16(18,19)25-14-7-3-1-5-12(14)9-10-26(21,22)11-13-6-2-4-8-15(13)27(20,23)24/h1-10H,11H2,(H2,20,23,24)/b10-9+. The lowest BCUT2D eigenvalue weighted by Gasteiger charge is -2.11. The van der Waals surface area contributed by atoms with Gasteiger partial charge in [0, 0.05) is 11.0 Å². The summed E-state index contributed by atoms with van der Waals surface area (Å²) in [5, 5.41) is 5.74. The van der Waals surface area contributed by atoms with E-state index in [1.54, 1.807) is 0 Å². The molecule has 0 fully saturated rings. The van der Waals surface area contributed by atoms with Crippen molar-refractivity contribution in [2.75, 3.05) is 0 Å². The summed E-state index contributed by atoms with van der Waals surface area (Å²) >= 11 is 0. The number of alkyl halides is 3. The second-order valence-electron chi connectivity index (χ2n) is 5.35. The van der Waals surface area contributed by atoms with E-state index in [4.69, 9.17) is 5.14 Å². The highest BCUT2D eigenvalue weighted by atomic mass is 32.2. The van der Waals surface area contributed by atoms with Gasteiger partial charge in [0.2, 0.25) is 10.0 Å². The first-order valence-corrected chi connectivity index (χ1v) is 10.5. The Morgan fingerprint density at radius 1 is 0.963 bits per heavy atom. The number of primary sulfonamides is 1. The van der Waals surface area contributed by atoms with Crippen LogP contribution < -0.4 is 9.88 Å². The SMILES string of the molecule is NS(=O)(=O)c1ccccc1CS(=O)(=O)/C=C/c1ccccc1OC(F)(F)F. The molecule has 0 heterocycles. The molecule has 2 N–H and O–H groups in total. The predicted octanol–water partition coefficient (Wildman–Crippen LogP) is 2.82. The largest absolute Gasteiger partial charge is 0.573 e. The molecule has 0 aliphatic carbocycles. The summed E-state index contributed by atoms with van der Waals surface area (Å²) in [6, 6.07) is 10.3. The number of sulfone groups is 1. The quantitative estimate of drug-likeness (QED) is 0.773. The van der Waals surface area contributed by atoms with Crippen molar-refractivity contribution in [2.45, 2.75) is 17.0 Å². The number of ether oxygens (including phenoxy) is 1. The summed E-state index contributed by atoms with van der Waals surface area (Å²) in [6.45, 7) is 0. The third kappa shape index (κ3) is 6.38. The van der Waals surface area contributed by atoms with Gasteiger partial charge in [0.1, 0.15) is 5.75 Å². The van der Waals surface area contributed by atoms with Gasteiger partial charge in [-0.2, -0.15) is 0 Å². The van der Waals surface area contributed by atoms with Gasteiger partial charge in [-0.1, -0.05) is 36.4 Å². The maximum absolute atomic E-state index is 12.4. The van der Waals surface area contributed by atoms with Crippen molar-refractivity contribution in [1.82, 2.24) is 0 Å². The molecule has 0 unspecified atom stereocenters. The van der Waals surface area contributed by atoms with E-state index in [1.165, 1.54) is 36.4 Å². The van der Waals surface area contributed by atoms with Gasteiger partial charge in [-0.15, -0.1) is 13.2 Å². The Kier molecular flexibility index (Phi) is 5.97. The molecule has 0 aliphatic rings. The van der Waals surface area contributed by atoms with Crippen LogP contribution in [-0.2, 0) is 25.6 Å². The molecule has 0 spiro atoms. The summed E-state index contributed by atoms with van der Waals surface area (Å²) in [6.07, 6.45) is -3.99. The van der Waals surface area contributed by atoms with Crippen molar-refractivity contribution < 1.29 is 34.7 Å². The molecule has 0 aromatic heterocycles. The number of para-hydroxylation sites is 1. The zero-order valence-electron chi connectivity index (χ0n) is 13.5. The molecule has 0 aliphatic heterocycles. The monoisotopic (exact) mass is 421 g/mol. The van der Waals surface area contributed by atoms with Crippen LogP contribution >= 0.6 is 0 Å². The van der Waals surface area contributed by atoms with Crippen molar-refractivity contribution in [3.8, 4) is 5.75 Å². The molecular weight excluding hydrogens is 407 g/mol. The Bertz CT molecular complexity index is 1060. The average molecular weight is 421 g/mol. The lowest BCUT2D eigenvalue weighted by Crippen LogP contribution is -2.17. The molecular formula is C16H14F3NO5S2. The Morgan fingerprint density at radius 2 is 1.56 bits per heavy atom. The number of rotatable bonds is 6. The van der Waals surface area contributed by atoms with Gasteiger partial charge in [-0.3, -0.25) is 0 Å². The third-order valence-electron chi connectivity index (χ3n) is 3.24. The molecule has 11 heteroatoms. The molecule has 0 amide bonds. The van der Waals surface area contributed by atoms with E-state index < -0.39 is 37.7 Å². The van der Waals surface area contributed by atoms with Crippen molar-refractivity contribution in [3.63, 3.8) is 0 Å². The van der Waals surface area contributed by atoms with Crippen LogP contribution in [0, 0.1) is 0 Å².